The van der Waals surface area contributed by atoms with Gasteiger partial charge >= 0.3 is 6.21 Å². The molecule has 32 heavy (non-hydrogen) atoms. The standard InChI is InChI=1S/C21H32N6O5/c1-12(2)10-15(17(28)11-23-22)25-20(31)16-6-5-9-26-18(29)8-7-14(21(32)27(16)26)24-19(30)13(3)4/h11-16H,5-10H2,1-4H3,(H,24,30)(H,25,31)/t14-,15-,16-/m0/s1. The van der Waals surface area contributed by atoms with Crippen LogP contribution in [0.3, 0.4) is 0 Å². The largest absolute Gasteiger partial charge is 0.361 e. The summed E-state index contributed by atoms with van der Waals surface area (Å²) in [6, 6.07) is -2.84. The quantitative estimate of drug-likeness (QED) is 0.305. The van der Waals surface area contributed by atoms with E-state index in [1.807, 2.05) is 13.8 Å². The van der Waals surface area contributed by atoms with E-state index in [1.54, 1.807) is 13.8 Å². The van der Waals surface area contributed by atoms with Crippen LogP contribution < -0.4 is 10.6 Å². The van der Waals surface area contributed by atoms with Gasteiger partial charge in [-0.05, 0) is 31.6 Å². The van der Waals surface area contributed by atoms with Crippen molar-refractivity contribution < 1.29 is 28.8 Å². The molecule has 0 aromatic carbocycles. The van der Waals surface area contributed by atoms with Gasteiger partial charge < -0.3 is 16.2 Å². The fourth-order valence-electron chi connectivity index (χ4n) is 3.88. The van der Waals surface area contributed by atoms with Crippen molar-refractivity contribution in [1.82, 2.24) is 20.7 Å². The molecular weight excluding hydrogens is 416 g/mol. The molecule has 2 heterocycles. The minimum absolute atomic E-state index is 0.0659. The lowest BCUT2D eigenvalue weighted by molar-refractivity contribution is -0.176. The van der Waals surface area contributed by atoms with E-state index in [1.165, 1.54) is 5.01 Å². The third-order valence-corrected chi connectivity index (χ3v) is 5.56. The van der Waals surface area contributed by atoms with E-state index in [9.17, 15) is 24.0 Å². The summed E-state index contributed by atoms with van der Waals surface area (Å²) in [4.78, 5) is 66.4. The second-order valence-corrected chi connectivity index (χ2v) is 8.95. The first-order valence-electron chi connectivity index (χ1n) is 11.0. The first-order chi connectivity index (χ1) is 15.1. The highest BCUT2D eigenvalue weighted by atomic mass is 16.2. The van der Waals surface area contributed by atoms with Crippen LogP contribution in [0.4, 0.5) is 0 Å². The molecule has 0 unspecified atom stereocenters. The Morgan fingerprint density at radius 3 is 2.47 bits per heavy atom. The van der Waals surface area contributed by atoms with E-state index in [0.717, 1.165) is 11.2 Å². The molecule has 2 rings (SSSR count). The molecule has 0 bridgehead atoms. The minimum Gasteiger partial charge on any atom is -0.361 e. The number of fused-ring (bicyclic) bond motifs is 1. The number of nitrogens with zero attached hydrogens (tertiary/aromatic N) is 4. The number of Topliss-reactive ketones (excluding diaryl/α,β-unsaturated/α-hetero) is 1. The number of carbonyl (C=O) groups excluding carboxylic acids is 5. The maximum atomic E-state index is 13.3. The highest BCUT2D eigenvalue weighted by Crippen LogP contribution is 2.25. The zero-order chi connectivity index (χ0) is 24.0. The van der Waals surface area contributed by atoms with E-state index < -0.39 is 35.7 Å². The Balaban J connectivity index is 2.29. The summed E-state index contributed by atoms with van der Waals surface area (Å²) in [6.07, 6.45) is 2.09. The zero-order valence-corrected chi connectivity index (χ0v) is 19.0. The van der Waals surface area contributed by atoms with Crippen LogP contribution in [-0.4, -0.2) is 75.1 Å². The highest BCUT2D eigenvalue weighted by molar-refractivity contribution is 6.28. The first kappa shape index (κ1) is 25.2. The van der Waals surface area contributed by atoms with Crippen LogP contribution in [0.1, 0.15) is 59.8 Å². The fourth-order valence-corrected chi connectivity index (χ4v) is 3.88. The molecule has 0 aromatic heterocycles. The molecule has 3 atom stereocenters. The predicted octanol–water partition coefficient (Wildman–Crippen LogP) is 0.0562. The van der Waals surface area contributed by atoms with E-state index in [4.69, 9.17) is 5.53 Å². The molecule has 0 aliphatic carbocycles. The molecule has 2 aliphatic heterocycles. The molecule has 11 nitrogen and oxygen atoms in total. The number of hydrogen-bond acceptors (Lipinski definition) is 5. The van der Waals surface area contributed by atoms with Crippen LogP contribution in [0.2, 0.25) is 0 Å². The monoisotopic (exact) mass is 448 g/mol. The smallest absolute Gasteiger partial charge is 0.325 e. The van der Waals surface area contributed by atoms with Crippen LogP contribution in [0.25, 0.3) is 5.53 Å². The normalized spacial score (nSPS) is 22.1. The molecule has 4 amide bonds. The summed E-state index contributed by atoms with van der Waals surface area (Å²) in [5, 5.41) is 7.77. The fraction of sp³-hybridized carbons (Fsp3) is 0.714. The number of carbonyl (C=O) groups is 5. The van der Waals surface area contributed by atoms with Crippen LogP contribution in [0.15, 0.2) is 0 Å². The topological polar surface area (TPSA) is 152 Å². The molecule has 2 N–H and O–H groups in total. The molecule has 0 spiro atoms. The van der Waals surface area contributed by atoms with Crippen molar-refractivity contribution in [2.45, 2.75) is 77.9 Å². The number of nitrogens with one attached hydrogen (secondary N) is 2. The molecule has 2 fully saturated rings. The van der Waals surface area contributed by atoms with Gasteiger partial charge in [0.1, 0.15) is 12.1 Å². The third-order valence-electron chi connectivity index (χ3n) is 5.56. The van der Waals surface area contributed by atoms with Gasteiger partial charge in [-0.15, -0.1) is 0 Å². The molecule has 2 aliphatic rings. The second kappa shape index (κ2) is 11.0. The number of hydrogen-bond donors (Lipinski definition) is 2. The molecule has 0 aromatic rings. The molecule has 176 valence electrons. The lowest BCUT2D eigenvalue weighted by atomic mass is 9.99. The molecule has 0 radical (unpaired) electrons. The number of amides is 4. The van der Waals surface area contributed by atoms with Crippen molar-refractivity contribution in [2.24, 2.45) is 11.8 Å². The Bertz CT molecular complexity index is 819. The maximum absolute atomic E-state index is 13.3. The van der Waals surface area contributed by atoms with Gasteiger partial charge in [0, 0.05) is 18.9 Å². The number of hydrazine groups is 1. The molecular formula is C21H32N6O5. The van der Waals surface area contributed by atoms with Crippen LogP contribution in [0, 0.1) is 11.8 Å². The summed E-state index contributed by atoms with van der Waals surface area (Å²) < 4.78 is 0. The lowest BCUT2D eigenvalue weighted by Gasteiger charge is -2.43. The molecule has 2 saturated heterocycles. The predicted molar refractivity (Wildman–Crippen MR) is 114 cm³/mol. The number of rotatable bonds is 8. The van der Waals surface area contributed by atoms with E-state index in [0.29, 0.717) is 25.8 Å². The van der Waals surface area contributed by atoms with Gasteiger partial charge in [-0.2, -0.15) is 4.79 Å². The SMILES string of the molecule is CC(C)C[C@H](NC(=O)[C@@H]1CCCN2C(=O)CC[C@H](NC(=O)C(C)C)C(=O)N12)C(=O)C=[N+]=[N-]. The Morgan fingerprint density at radius 2 is 1.88 bits per heavy atom. The van der Waals surface area contributed by atoms with Crippen molar-refractivity contribution in [1.29, 1.82) is 0 Å². The van der Waals surface area contributed by atoms with Crippen LogP contribution >= 0.6 is 0 Å². The summed E-state index contributed by atoms with van der Waals surface area (Å²) in [5.41, 5.74) is 8.70. The van der Waals surface area contributed by atoms with Crippen LogP contribution in [0.5, 0.6) is 0 Å². The Hall–Kier alpha value is -3.07. The maximum Gasteiger partial charge on any atom is 0.325 e. The molecule has 11 heteroatoms. The van der Waals surface area contributed by atoms with Gasteiger partial charge in [0.15, 0.2) is 0 Å². The van der Waals surface area contributed by atoms with Gasteiger partial charge in [0.2, 0.25) is 17.7 Å². The van der Waals surface area contributed by atoms with Crippen molar-refractivity contribution in [3.8, 4) is 0 Å². The van der Waals surface area contributed by atoms with E-state index in [-0.39, 0.29) is 36.5 Å². The van der Waals surface area contributed by atoms with E-state index in [2.05, 4.69) is 15.4 Å². The van der Waals surface area contributed by atoms with Crippen molar-refractivity contribution in [3.05, 3.63) is 5.53 Å². The summed E-state index contributed by atoms with van der Waals surface area (Å²) in [5.74, 6) is -2.54. The van der Waals surface area contributed by atoms with Gasteiger partial charge in [0.05, 0.1) is 6.04 Å². The Kier molecular flexibility index (Phi) is 8.65. The van der Waals surface area contributed by atoms with Crippen molar-refractivity contribution >= 4 is 35.6 Å². The second-order valence-electron chi connectivity index (χ2n) is 8.95. The summed E-state index contributed by atoms with van der Waals surface area (Å²) in [7, 11) is 0. The average Bonchev–Trinajstić information content (AvgIpc) is 2.85. The van der Waals surface area contributed by atoms with Crippen molar-refractivity contribution in [3.63, 3.8) is 0 Å². The Morgan fingerprint density at radius 1 is 1.19 bits per heavy atom. The van der Waals surface area contributed by atoms with E-state index >= 15 is 0 Å². The summed E-state index contributed by atoms with van der Waals surface area (Å²) >= 11 is 0. The first-order valence-corrected chi connectivity index (χ1v) is 11.0. The third kappa shape index (κ3) is 6.00. The van der Waals surface area contributed by atoms with Crippen molar-refractivity contribution in [2.75, 3.05) is 6.54 Å². The minimum atomic E-state index is -0.995. The highest BCUT2D eigenvalue weighted by Gasteiger charge is 2.45. The van der Waals surface area contributed by atoms with Gasteiger partial charge in [-0.25, -0.2) is 5.01 Å². The number of ketones is 1. The average molecular weight is 449 g/mol. The van der Waals surface area contributed by atoms with Gasteiger partial charge in [0.25, 0.3) is 11.7 Å². The lowest BCUT2D eigenvalue weighted by Crippen LogP contribution is -2.64. The van der Waals surface area contributed by atoms with Gasteiger partial charge in [-0.1, -0.05) is 27.7 Å². The Labute approximate surface area is 187 Å². The van der Waals surface area contributed by atoms with Gasteiger partial charge in [-0.3, -0.25) is 29.0 Å². The molecule has 0 saturated carbocycles. The summed E-state index contributed by atoms with van der Waals surface area (Å²) in [6.45, 7) is 7.46. The zero-order valence-electron chi connectivity index (χ0n) is 19.0. The van der Waals surface area contributed by atoms with Crippen LogP contribution in [-0.2, 0) is 24.0 Å².